The first-order valence-electron chi connectivity index (χ1n) is 13.3. The van der Waals surface area contributed by atoms with Crippen molar-refractivity contribution in [3.63, 3.8) is 0 Å². The largest absolute Gasteiger partial charge is 0.393 e. The Hall–Kier alpha value is -0.300. The Morgan fingerprint density at radius 3 is 2.33 bits per heavy atom. The van der Waals surface area contributed by atoms with Crippen molar-refractivity contribution < 1.29 is 5.11 Å². The van der Waals surface area contributed by atoms with Gasteiger partial charge in [0.25, 0.3) is 0 Å². The van der Waals surface area contributed by atoms with Crippen molar-refractivity contribution in [2.45, 2.75) is 118 Å². The first kappa shape index (κ1) is 22.9. The molecule has 0 saturated heterocycles. The summed E-state index contributed by atoms with van der Waals surface area (Å²) in [6.07, 6.45) is 14.6. The number of rotatable bonds is 4. The van der Waals surface area contributed by atoms with E-state index in [0.717, 1.165) is 48.3 Å². The van der Waals surface area contributed by atoms with Crippen molar-refractivity contribution >= 4 is 0 Å². The van der Waals surface area contributed by atoms with E-state index in [0.29, 0.717) is 10.8 Å². The lowest BCUT2D eigenvalue weighted by atomic mass is 9.44. The Morgan fingerprint density at radius 1 is 0.967 bits per heavy atom. The number of allylic oxidation sites excluding steroid dienone is 1. The number of hydrogen-bond donors (Lipinski definition) is 1. The normalized spacial score (nSPS) is 47.2. The van der Waals surface area contributed by atoms with Gasteiger partial charge < -0.3 is 5.11 Å². The average Bonchev–Trinajstić information content (AvgIpc) is 3.03. The number of hydrogen-bond acceptors (Lipinski definition) is 1. The fourth-order valence-corrected chi connectivity index (χ4v) is 9.19. The van der Waals surface area contributed by atoms with Gasteiger partial charge in [-0.1, -0.05) is 53.7 Å². The van der Waals surface area contributed by atoms with Crippen LogP contribution >= 0.6 is 0 Å². The maximum Gasteiger partial charge on any atom is 0.0543 e. The zero-order chi connectivity index (χ0) is 21.9. The standard InChI is InChI=1S/C29H50O/c1-19(8-9-20(2)27(3,4)5)24-12-13-25-23-11-10-21-18-22(30)14-16-28(21,6)26(23)15-17-29(24,25)7/h19,21-26,30H,2,8-18H2,1,3-7H3/t19-,21+,22+,23+,24-,25+,26+,28+,29-/m1/s1. The van der Waals surface area contributed by atoms with Crippen LogP contribution in [0.25, 0.3) is 0 Å². The summed E-state index contributed by atoms with van der Waals surface area (Å²) in [5.74, 6) is 5.37. The molecule has 0 aromatic rings. The van der Waals surface area contributed by atoms with Crippen molar-refractivity contribution in [2.24, 2.45) is 51.8 Å². The molecule has 30 heavy (non-hydrogen) atoms. The molecule has 4 rings (SSSR count). The van der Waals surface area contributed by atoms with Crippen LogP contribution in [0, 0.1) is 51.8 Å². The molecule has 0 unspecified atom stereocenters. The smallest absolute Gasteiger partial charge is 0.0543 e. The second-order valence-electron chi connectivity index (χ2n) is 13.7. The lowest BCUT2D eigenvalue weighted by Gasteiger charge is -2.61. The summed E-state index contributed by atoms with van der Waals surface area (Å²) in [7, 11) is 0. The Bertz CT molecular complexity index is 643. The van der Waals surface area contributed by atoms with E-state index in [2.05, 4.69) is 48.1 Å². The van der Waals surface area contributed by atoms with Gasteiger partial charge in [0.05, 0.1) is 6.10 Å². The van der Waals surface area contributed by atoms with Crippen LogP contribution in [0.5, 0.6) is 0 Å². The predicted molar refractivity (Wildman–Crippen MR) is 128 cm³/mol. The second-order valence-corrected chi connectivity index (χ2v) is 13.7. The van der Waals surface area contributed by atoms with Crippen molar-refractivity contribution in [1.29, 1.82) is 0 Å². The van der Waals surface area contributed by atoms with Gasteiger partial charge in [-0.15, -0.1) is 0 Å². The van der Waals surface area contributed by atoms with Crippen molar-refractivity contribution in [2.75, 3.05) is 0 Å². The van der Waals surface area contributed by atoms with Crippen LogP contribution in [0.1, 0.15) is 112 Å². The SMILES string of the molecule is C=C(CC[C@@H](C)[C@H]1CC[C@H]2[C@@H]3CC[C@H]4C[C@@H](O)CC[C@]4(C)[C@H]3CC[C@]12C)C(C)(C)C. The van der Waals surface area contributed by atoms with E-state index in [1.807, 2.05) is 0 Å². The molecule has 0 radical (unpaired) electrons. The average molecular weight is 415 g/mol. The fraction of sp³-hybridized carbons (Fsp3) is 0.931. The first-order chi connectivity index (χ1) is 14.0. The molecule has 4 fully saturated rings. The minimum Gasteiger partial charge on any atom is -0.393 e. The quantitative estimate of drug-likeness (QED) is 0.462. The molecule has 1 N–H and O–H groups in total. The monoisotopic (exact) mass is 414 g/mol. The molecule has 0 aromatic carbocycles. The highest BCUT2D eigenvalue weighted by atomic mass is 16.3. The summed E-state index contributed by atoms with van der Waals surface area (Å²) in [5, 5.41) is 10.3. The van der Waals surface area contributed by atoms with E-state index < -0.39 is 0 Å². The molecular weight excluding hydrogens is 364 g/mol. The molecule has 0 aromatic heterocycles. The summed E-state index contributed by atoms with van der Waals surface area (Å²) >= 11 is 0. The summed E-state index contributed by atoms with van der Waals surface area (Å²) in [5.41, 5.74) is 2.77. The Kier molecular flexibility index (Phi) is 6.05. The Labute approximate surface area is 187 Å². The lowest BCUT2D eigenvalue weighted by Crippen LogP contribution is -2.54. The zero-order valence-electron chi connectivity index (χ0n) is 21.0. The third kappa shape index (κ3) is 3.74. The predicted octanol–water partition coefficient (Wildman–Crippen LogP) is 8.02. The van der Waals surface area contributed by atoms with Crippen LogP contribution in [0.3, 0.4) is 0 Å². The molecule has 4 saturated carbocycles. The molecule has 172 valence electrons. The van der Waals surface area contributed by atoms with E-state index in [1.54, 1.807) is 0 Å². The third-order valence-electron chi connectivity index (χ3n) is 11.4. The van der Waals surface area contributed by atoms with Gasteiger partial charge in [0.15, 0.2) is 0 Å². The van der Waals surface area contributed by atoms with Gasteiger partial charge in [0.1, 0.15) is 0 Å². The van der Waals surface area contributed by atoms with Gasteiger partial charge in [0, 0.05) is 0 Å². The summed E-state index contributed by atoms with van der Waals surface area (Å²) in [6, 6.07) is 0. The van der Waals surface area contributed by atoms with Crippen LogP contribution in [0.2, 0.25) is 0 Å². The molecule has 0 aliphatic heterocycles. The van der Waals surface area contributed by atoms with E-state index in [9.17, 15) is 5.11 Å². The molecular formula is C29H50O. The maximum atomic E-state index is 10.3. The minimum atomic E-state index is -0.0203. The van der Waals surface area contributed by atoms with E-state index in [4.69, 9.17) is 0 Å². The molecule has 9 atom stereocenters. The van der Waals surface area contributed by atoms with E-state index in [-0.39, 0.29) is 11.5 Å². The van der Waals surface area contributed by atoms with Crippen LogP contribution in [-0.2, 0) is 0 Å². The topological polar surface area (TPSA) is 20.2 Å². The van der Waals surface area contributed by atoms with Crippen LogP contribution in [0.15, 0.2) is 12.2 Å². The highest BCUT2D eigenvalue weighted by Gasteiger charge is 2.60. The van der Waals surface area contributed by atoms with Crippen LogP contribution < -0.4 is 0 Å². The number of aliphatic hydroxyl groups is 1. The molecule has 0 spiro atoms. The van der Waals surface area contributed by atoms with Gasteiger partial charge in [-0.2, -0.15) is 0 Å². The summed E-state index contributed by atoms with van der Waals surface area (Å²) < 4.78 is 0. The van der Waals surface area contributed by atoms with Crippen molar-refractivity contribution in [3.8, 4) is 0 Å². The summed E-state index contributed by atoms with van der Waals surface area (Å²) in [4.78, 5) is 0. The number of aliphatic hydroxyl groups excluding tert-OH is 1. The van der Waals surface area contributed by atoms with Gasteiger partial charge in [-0.25, -0.2) is 0 Å². The van der Waals surface area contributed by atoms with Crippen LogP contribution in [-0.4, -0.2) is 11.2 Å². The highest BCUT2D eigenvalue weighted by molar-refractivity contribution is 5.10. The zero-order valence-corrected chi connectivity index (χ0v) is 21.0. The Balaban J connectivity index is 1.45. The molecule has 0 amide bonds. The third-order valence-corrected chi connectivity index (χ3v) is 11.4. The molecule has 4 aliphatic carbocycles. The minimum absolute atomic E-state index is 0.0203. The van der Waals surface area contributed by atoms with Gasteiger partial charge >= 0.3 is 0 Å². The molecule has 0 bridgehead atoms. The van der Waals surface area contributed by atoms with E-state index >= 15 is 0 Å². The molecule has 0 heterocycles. The number of fused-ring (bicyclic) bond motifs is 5. The Morgan fingerprint density at radius 2 is 1.63 bits per heavy atom. The van der Waals surface area contributed by atoms with Crippen molar-refractivity contribution in [1.82, 2.24) is 0 Å². The van der Waals surface area contributed by atoms with Gasteiger partial charge in [0.2, 0.25) is 0 Å². The van der Waals surface area contributed by atoms with E-state index in [1.165, 1.54) is 63.4 Å². The second kappa shape index (κ2) is 7.93. The van der Waals surface area contributed by atoms with Gasteiger partial charge in [-0.05, 0) is 122 Å². The first-order valence-corrected chi connectivity index (χ1v) is 13.3. The lowest BCUT2D eigenvalue weighted by molar-refractivity contribution is -0.129. The fourth-order valence-electron chi connectivity index (χ4n) is 9.19. The molecule has 4 aliphatic rings. The van der Waals surface area contributed by atoms with Crippen LogP contribution in [0.4, 0.5) is 0 Å². The molecule has 1 heteroatoms. The molecule has 1 nitrogen and oxygen atoms in total. The maximum absolute atomic E-state index is 10.3. The highest BCUT2D eigenvalue weighted by Crippen LogP contribution is 2.68. The van der Waals surface area contributed by atoms with Gasteiger partial charge in [-0.3, -0.25) is 0 Å². The summed E-state index contributed by atoms with van der Waals surface area (Å²) in [6.45, 7) is 19.2. The van der Waals surface area contributed by atoms with Crippen molar-refractivity contribution in [3.05, 3.63) is 12.2 Å².